The highest BCUT2D eigenvalue weighted by atomic mass is 32.1. The fourth-order valence-electron chi connectivity index (χ4n) is 3.04. The van der Waals surface area contributed by atoms with E-state index in [-0.39, 0.29) is 12.3 Å². The van der Waals surface area contributed by atoms with Crippen molar-refractivity contribution in [2.24, 2.45) is 5.73 Å². The van der Waals surface area contributed by atoms with E-state index in [1.54, 1.807) is 17.5 Å². The van der Waals surface area contributed by atoms with Crippen molar-refractivity contribution in [3.8, 4) is 5.69 Å². The molecule has 0 unspecified atom stereocenters. The number of carbonyl (C=O) groups is 2. The van der Waals surface area contributed by atoms with E-state index in [0.29, 0.717) is 16.4 Å². The highest BCUT2D eigenvalue weighted by molar-refractivity contribution is 7.14. The van der Waals surface area contributed by atoms with Crippen molar-refractivity contribution in [3.05, 3.63) is 71.0 Å². The minimum absolute atomic E-state index is 0.0501. The molecule has 2 aromatic carbocycles. The molecular weight excluding hydrogens is 374 g/mol. The molecule has 2 amide bonds. The normalized spacial score (nSPS) is 10.9. The third-order valence-electron chi connectivity index (χ3n) is 4.23. The van der Waals surface area contributed by atoms with E-state index >= 15 is 0 Å². The summed E-state index contributed by atoms with van der Waals surface area (Å²) in [7, 11) is 0. The monoisotopic (exact) mass is 391 g/mol. The van der Waals surface area contributed by atoms with Crippen LogP contribution in [0.2, 0.25) is 0 Å². The van der Waals surface area contributed by atoms with Gasteiger partial charge in [-0.15, -0.1) is 11.3 Å². The molecule has 2 heterocycles. The second-order valence-electron chi connectivity index (χ2n) is 6.27. The number of aromatic nitrogens is 3. The van der Waals surface area contributed by atoms with Crippen molar-refractivity contribution >= 4 is 39.3 Å². The van der Waals surface area contributed by atoms with Gasteiger partial charge in [0.15, 0.2) is 5.13 Å². The molecule has 0 aliphatic carbocycles. The molecule has 7 nitrogen and oxygen atoms in total. The number of anilines is 1. The van der Waals surface area contributed by atoms with Gasteiger partial charge in [-0.25, -0.2) is 9.97 Å². The van der Waals surface area contributed by atoms with Gasteiger partial charge < -0.3 is 5.73 Å². The number of nitrogens with two attached hydrogens (primary N) is 1. The minimum atomic E-state index is -0.460. The Morgan fingerprint density at radius 1 is 1.14 bits per heavy atom. The maximum absolute atomic E-state index is 12.6. The maximum Gasteiger partial charge on any atom is 0.257 e. The molecule has 0 saturated heterocycles. The molecule has 140 valence electrons. The summed E-state index contributed by atoms with van der Waals surface area (Å²) in [5, 5.41) is 4.88. The summed E-state index contributed by atoms with van der Waals surface area (Å²) in [5.74, 6) is 0.0987. The topological polar surface area (TPSA) is 103 Å². The number of thiazole rings is 1. The first-order valence-electron chi connectivity index (χ1n) is 8.60. The fourth-order valence-corrected chi connectivity index (χ4v) is 3.74. The van der Waals surface area contributed by atoms with Gasteiger partial charge in [0.2, 0.25) is 5.91 Å². The summed E-state index contributed by atoms with van der Waals surface area (Å²) in [6.45, 7) is 1.93. The summed E-state index contributed by atoms with van der Waals surface area (Å²) in [4.78, 5) is 32.3. The Bertz CT molecular complexity index is 1180. The van der Waals surface area contributed by atoms with E-state index in [2.05, 4.69) is 15.3 Å². The molecule has 2 aromatic heterocycles. The van der Waals surface area contributed by atoms with Crippen molar-refractivity contribution in [1.82, 2.24) is 14.5 Å². The Balaban J connectivity index is 1.60. The molecule has 3 N–H and O–H groups in total. The summed E-state index contributed by atoms with van der Waals surface area (Å²) < 4.78 is 2.05. The first-order chi connectivity index (χ1) is 13.5. The van der Waals surface area contributed by atoms with Crippen LogP contribution in [-0.2, 0) is 11.2 Å². The molecule has 0 aliphatic rings. The van der Waals surface area contributed by atoms with E-state index in [0.717, 1.165) is 22.5 Å². The van der Waals surface area contributed by atoms with E-state index in [4.69, 9.17) is 5.73 Å². The van der Waals surface area contributed by atoms with Crippen LogP contribution in [0.25, 0.3) is 16.7 Å². The predicted octanol–water partition coefficient (Wildman–Crippen LogP) is 3.07. The molecule has 0 bridgehead atoms. The van der Waals surface area contributed by atoms with Crippen LogP contribution < -0.4 is 11.1 Å². The van der Waals surface area contributed by atoms with Crippen LogP contribution in [0.3, 0.4) is 0 Å². The van der Waals surface area contributed by atoms with Gasteiger partial charge in [-0.2, -0.15) is 0 Å². The first-order valence-corrected chi connectivity index (χ1v) is 9.48. The van der Waals surface area contributed by atoms with E-state index in [1.807, 2.05) is 47.9 Å². The third-order valence-corrected chi connectivity index (χ3v) is 5.03. The van der Waals surface area contributed by atoms with Crippen molar-refractivity contribution in [3.63, 3.8) is 0 Å². The quantitative estimate of drug-likeness (QED) is 0.546. The average Bonchev–Trinajstić information content (AvgIpc) is 3.24. The second kappa shape index (κ2) is 7.24. The van der Waals surface area contributed by atoms with E-state index in [1.165, 1.54) is 11.3 Å². The smallest absolute Gasteiger partial charge is 0.257 e. The molecule has 0 fully saturated rings. The summed E-state index contributed by atoms with van der Waals surface area (Å²) in [5.41, 5.74) is 8.88. The van der Waals surface area contributed by atoms with Crippen molar-refractivity contribution in [2.75, 3.05) is 5.32 Å². The number of benzene rings is 2. The third kappa shape index (κ3) is 3.49. The van der Waals surface area contributed by atoms with Crippen LogP contribution in [0.5, 0.6) is 0 Å². The van der Waals surface area contributed by atoms with E-state index < -0.39 is 5.91 Å². The maximum atomic E-state index is 12.6. The largest absolute Gasteiger partial charge is 0.369 e. The number of nitrogens with zero attached hydrogens (tertiary/aromatic N) is 3. The SMILES string of the molecule is Cc1nc2cc(C(=O)Nc3nc(CC(N)=O)cs3)ccc2n1-c1ccccc1. The van der Waals surface area contributed by atoms with Gasteiger partial charge in [0, 0.05) is 16.6 Å². The van der Waals surface area contributed by atoms with Gasteiger partial charge in [0.1, 0.15) is 5.82 Å². The molecule has 0 aliphatic heterocycles. The summed E-state index contributed by atoms with van der Waals surface area (Å²) in [6.07, 6.45) is 0.0501. The molecule has 4 rings (SSSR count). The number of amides is 2. The number of fused-ring (bicyclic) bond motifs is 1. The summed E-state index contributed by atoms with van der Waals surface area (Å²) >= 11 is 1.25. The average molecular weight is 391 g/mol. The number of para-hydroxylation sites is 1. The van der Waals surface area contributed by atoms with Gasteiger partial charge >= 0.3 is 0 Å². The number of rotatable bonds is 5. The standard InChI is InChI=1S/C20H17N5O2S/c1-12-22-16-9-13(7-8-17(16)25(12)15-5-3-2-4-6-15)19(27)24-20-23-14(11-28-20)10-18(21)26/h2-9,11H,10H2,1H3,(H2,21,26)(H,23,24,27). The number of primary amides is 1. The van der Waals surface area contributed by atoms with Gasteiger partial charge in [0.25, 0.3) is 5.91 Å². The summed E-state index contributed by atoms with van der Waals surface area (Å²) in [6, 6.07) is 15.4. The van der Waals surface area contributed by atoms with Crippen LogP contribution in [0.4, 0.5) is 5.13 Å². The molecule has 0 atom stereocenters. The van der Waals surface area contributed by atoms with Crippen LogP contribution in [0.15, 0.2) is 53.9 Å². The minimum Gasteiger partial charge on any atom is -0.369 e. The number of carbonyl (C=O) groups excluding carboxylic acids is 2. The molecule has 28 heavy (non-hydrogen) atoms. The lowest BCUT2D eigenvalue weighted by molar-refractivity contribution is -0.117. The first kappa shape index (κ1) is 17.9. The number of imidazole rings is 1. The zero-order valence-electron chi connectivity index (χ0n) is 15.0. The Morgan fingerprint density at radius 2 is 1.93 bits per heavy atom. The predicted molar refractivity (Wildman–Crippen MR) is 109 cm³/mol. The fraction of sp³-hybridized carbons (Fsp3) is 0.100. The van der Waals surface area contributed by atoms with Crippen LogP contribution in [-0.4, -0.2) is 26.3 Å². The lowest BCUT2D eigenvalue weighted by Gasteiger charge is -2.07. The molecule has 0 saturated carbocycles. The molecule has 0 spiro atoms. The Kier molecular flexibility index (Phi) is 4.62. The lowest BCUT2D eigenvalue weighted by atomic mass is 10.2. The zero-order chi connectivity index (χ0) is 19.7. The van der Waals surface area contributed by atoms with Crippen LogP contribution in [0, 0.1) is 6.92 Å². The molecule has 4 aromatic rings. The van der Waals surface area contributed by atoms with Gasteiger partial charge in [-0.1, -0.05) is 18.2 Å². The Morgan fingerprint density at radius 3 is 2.68 bits per heavy atom. The molecule has 0 radical (unpaired) electrons. The highest BCUT2D eigenvalue weighted by Gasteiger charge is 2.14. The lowest BCUT2D eigenvalue weighted by Crippen LogP contribution is -2.14. The molecular formula is C20H17N5O2S. The Hall–Kier alpha value is -3.52. The highest BCUT2D eigenvalue weighted by Crippen LogP contribution is 2.23. The van der Waals surface area contributed by atoms with Crippen molar-refractivity contribution < 1.29 is 9.59 Å². The number of hydrogen-bond donors (Lipinski definition) is 2. The van der Waals surface area contributed by atoms with E-state index in [9.17, 15) is 9.59 Å². The van der Waals surface area contributed by atoms with Crippen LogP contribution >= 0.6 is 11.3 Å². The molecule has 8 heteroatoms. The number of aryl methyl sites for hydroxylation is 1. The van der Waals surface area contributed by atoms with Gasteiger partial charge in [-0.3, -0.25) is 19.5 Å². The number of nitrogens with one attached hydrogen (secondary N) is 1. The number of hydrogen-bond acceptors (Lipinski definition) is 5. The van der Waals surface area contributed by atoms with Crippen LogP contribution in [0.1, 0.15) is 21.9 Å². The second-order valence-corrected chi connectivity index (χ2v) is 7.13. The Labute approximate surface area is 164 Å². The van der Waals surface area contributed by atoms with Gasteiger partial charge in [-0.05, 0) is 37.3 Å². The van der Waals surface area contributed by atoms with Crippen molar-refractivity contribution in [2.45, 2.75) is 13.3 Å². The zero-order valence-corrected chi connectivity index (χ0v) is 15.9. The van der Waals surface area contributed by atoms with Crippen molar-refractivity contribution in [1.29, 1.82) is 0 Å². The van der Waals surface area contributed by atoms with Gasteiger partial charge in [0.05, 0.1) is 23.1 Å².